The van der Waals surface area contributed by atoms with Crippen LogP contribution in [0.2, 0.25) is 0 Å². The van der Waals surface area contributed by atoms with Gasteiger partial charge >= 0.3 is 5.97 Å². The van der Waals surface area contributed by atoms with E-state index in [4.69, 9.17) is 4.74 Å². The second-order valence-electron chi connectivity index (χ2n) is 5.96. The first-order valence-electron chi connectivity index (χ1n) is 7.79. The van der Waals surface area contributed by atoms with E-state index in [-0.39, 0.29) is 18.9 Å². The van der Waals surface area contributed by atoms with Crippen molar-refractivity contribution in [1.82, 2.24) is 4.90 Å². The third-order valence-corrected chi connectivity index (χ3v) is 4.61. The van der Waals surface area contributed by atoms with Crippen LogP contribution in [-0.4, -0.2) is 53.3 Å². The standard InChI is InChI=1S/C17H23NO5/c1-3-8-17(16(21)22)9-10-18(11-14(17)19)15(20)12-4-6-13(23-2)7-5-12/h4-7,14,19H,3,8-11H2,1-2H3,(H,21,22)/t14-,17-/m0/s1. The molecule has 2 N–H and O–H groups in total. The molecule has 1 amide bonds. The summed E-state index contributed by atoms with van der Waals surface area (Å²) < 4.78 is 5.06. The fourth-order valence-corrected chi connectivity index (χ4v) is 3.17. The normalized spacial score (nSPS) is 24.3. The van der Waals surface area contributed by atoms with Crippen molar-refractivity contribution in [3.63, 3.8) is 0 Å². The number of hydrogen-bond donors (Lipinski definition) is 2. The van der Waals surface area contributed by atoms with Gasteiger partial charge in [-0.2, -0.15) is 0 Å². The van der Waals surface area contributed by atoms with Crippen molar-refractivity contribution in [2.45, 2.75) is 32.3 Å². The number of ether oxygens (including phenoxy) is 1. The fraction of sp³-hybridized carbons (Fsp3) is 0.529. The maximum absolute atomic E-state index is 12.5. The first kappa shape index (κ1) is 17.3. The van der Waals surface area contributed by atoms with E-state index >= 15 is 0 Å². The van der Waals surface area contributed by atoms with Crippen LogP contribution in [0.15, 0.2) is 24.3 Å². The number of piperidine rings is 1. The van der Waals surface area contributed by atoms with Gasteiger partial charge < -0.3 is 19.8 Å². The third kappa shape index (κ3) is 3.32. The van der Waals surface area contributed by atoms with Crippen molar-refractivity contribution in [2.75, 3.05) is 20.2 Å². The topological polar surface area (TPSA) is 87.1 Å². The van der Waals surface area contributed by atoms with Crippen molar-refractivity contribution in [3.8, 4) is 5.75 Å². The van der Waals surface area contributed by atoms with Gasteiger partial charge in [-0.15, -0.1) is 0 Å². The second kappa shape index (κ2) is 7.00. The molecule has 6 nitrogen and oxygen atoms in total. The molecule has 1 aromatic carbocycles. The lowest BCUT2D eigenvalue weighted by Gasteiger charge is -2.42. The number of aliphatic hydroxyl groups excluding tert-OH is 1. The van der Waals surface area contributed by atoms with Gasteiger partial charge in [0.1, 0.15) is 5.75 Å². The second-order valence-corrected chi connectivity index (χ2v) is 5.96. The lowest BCUT2D eigenvalue weighted by molar-refractivity contribution is -0.162. The number of β-amino-alcohol motifs (C(OH)–C–C–N with tert-alkyl or cyclic N) is 1. The van der Waals surface area contributed by atoms with E-state index in [1.807, 2.05) is 6.92 Å². The van der Waals surface area contributed by atoms with Crippen molar-refractivity contribution in [1.29, 1.82) is 0 Å². The number of aliphatic hydroxyl groups is 1. The van der Waals surface area contributed by atoms with Gasteiger partial charge in [0.2, 0.25) is 0 Å². The maximum atomic E-state index is 12.5. The summed E-state index contributed by atoms with van der Waals surface area (Å²) in [5.41, 5.74) is -0.651. The van der Waals surface area contributed by atoms with Gasteiger partial charge in [-0.1, -0.05) is 13.3 Å². The maximum Gasteiger partial charge on any atom is 0.312 e. The van der Waals surface area contributed by atoms with E-state index in [9.17, 15) is 19.8 Å². The number of amides is 1. The number of nitrogens with zero attached hydrogens (tertiary/aromatic N) is 1. The van der Waals surface area contributed by atoms with E-state index in [2.05, 4.69) is 0 Å². The van der Waals surface area contributed by atoms with E-state index in [0.717, 1.165) is 0 Å². The van der Waals surface area contributed by atoms with Gasteiger partial charge in [-0.3, -0.25) is 9.59 Å². The van der Waals surface area contributed by atoms with E-state index < -0.39 is 17.5 Å². The molecule has 0 aliphatic carbocycles. The number of aliphatic carboxylic acids is 1. The molecule has 1 aliphatic heterocycles. The van der Waals surface area contributed by atoms with E-state index in [0.29, 0.717) is 30.7 Å². The molecule has 126 valence electrons. The Morgan fingerprint density at radius 1 is 1.35 bits per heavy atom. The molecule has 1 heterocycles. The Bertz CT molecular complexity index is 571. The minimum absolute atomic E-state index is 0.0389. The zero-order valence-electron chi connectivity index (χ0n) is 13.5. The molecule has 2 rings (SSSR count). The summed E-state index contributed by atoms with van der Waals surface area (Å²) in [7, 11) is 1.55. The molecule has 1 saturated heterocycles. The van der Waals surface area contributed by atoms with Crippen LogP contribution in [0.25, 0.3) is 0 Å². The van der Waals surface area contributed by atoms with Crippen LogP contribution in [0.5, 0.6) is 5.75 Å². The molecule has 0 saturated carbocycles. The van der Waals surface area contributed by atoms with Crippen LogP contribution >= 0.6 is 0 Å². The molecular formula is C17H23NO5. The first-order valence-corrected chi connectivity index (χ1v) is 7.79. The summed E-state index contributed by atoms with van der Waals surface area (Å²) in [5, 5.41) is 19.9. The highest BCUT2D eigenvalue weighted by atomic mass is 16.5. The van der Waals surface area contributed by atoms with Crippen molar-refractivity contribution < 1.29 is 24.5 Å². The predicted molar refractivity (Wildman–Crippen MR) is 84.5 cm³/mol. The summed E-state index contributed by atoms with van der Waals surface area (Å²) in [5.74, 6) is -0.529. The number of carboxylic acids is 1. The molecule has 0 unspecified atom stereocenters. The number of benzene rings is 1. The zero-order chi connectivity index (χ0) is 17.0. The molecule has 1 aliphatic rings. The first-order chi connectivity index (χ1) is 10.9. The average Bonchev–Trinajstić information content (AvgIpc) is 2.56. The Labute approximate surface area is 135 Å². The van der Waals surface area contributed by atoms with Gasteiger partial charge in [0, 0.05) is 18.7 Å². The Morgan fingerprint density at radius 2 is 2.00 bits per heavy atom. The minimum atomic E-state index is -1.15. The number of carbonyl (C=O) groups is 2. The molecule has 6 heteroatoms. The molecule has 1 fully saturated rings. The predicted octanol–water partition coefficient (Wildman–Crippen LogP) is 1.77. The van der Waals surface area contributed by atoms with Crippen molar-refractivity contribution in [2.24, 2.45) is 5.41 Å². The molecular weight excluding hydrogens is 298 g/mol. The fourth-order valence-electron chi connectivity index (χ4n) is 3.17. The Kier molecular flexibility index (Phi) is 5.26. The molecule has 0 radical (unpaired) electrons. The summed E-state index contributed by atoms with van der Waals surface area (Å²) in [6, 6.07) is 6.73. The van der Waals surface area contributed by atoms with Crippen molar-refractivity contribution >= 4 is 11.9 Å². The quantitative estimate of drug-likeness (QED) is 0.863. The lowest BCUT2D eigenvalue weighted by Crippen LogP contribution is -2.56. The van der Waals surface area contributed by atoms with Gasteiger partial charge in [-0.05, 0) is 37.1 Å². The largest absolute Gasteiger partial charge is 0.497 e. The molecule has 0 aromatic heterocycles. The van der Waals surface area contributed by atoms with Crippen LogP contribution in [0.3, 0.4) is 0 Å². The van der Waals surface area contributed by atoms with Gasteiger partial charge in [0.15, 0.2) is 0 Å². The van der Waals surface area contributed by atoms with Gasteiger partial charge in [-0.25, -0.2) is 0 Å². The zero-order valence-corrected chi connectivity index (χ0v) is 13.5. The molecule has 23 heavy (non-hydrogen) atoms. The molecule has 0 bridgehead atoms. The number of rotatable bonds is 5. The Hall–Kier alpha value is -2.08. The molecule has 0 spiro atoms. The van der Waals surface area contributed by atoms with Gasteiger partial charge in [0.25, 0.3) is 5.91 Å². The monoisotopic (exact) mass is 321 g/mol. The van der Waals surface area contributed by atoms with Crippen LogP contribution in [-0.2, 0) is 4.79 Å². The van der Waals surface area contributed by atoms with Crippen LogP contribution in [0.4, 0.5) is 0 Å². The lowest BCUT2D eigenvalue weighted by atomic mass is 9.72. The Balaban J connectivity index is 2.12. The number of hydrogen-bond acceptors (Lipinski definition) is 4. The number of carboxylic acid groups (broad SMARTS) is 1. The SMILES string of the molecule is CCC[C@]1(C(=O)O)CCN(C(=O)c2ccc(OC)cc2)C[C@@H]1O. The average molecular weight is 321 g/mol. The number of carbonyl (C=O) groups excluding carboxylic acids is 1. The summed E-state index contributed by atoms with van der Waals surface area (Å²) >= 11 is 0. The van der Waals surface area contributed by atoms with Crippen LogP contribution < -0.4 is 4.74 Å². The number of likely N-dealkylation sites (tertiary alicyclic amines) is 1. The van der Waals surface area contributed by atoms with Crippen LogP contribution in [0.1, 0.15) is 36.5 Å². The highest BCUT2D eigenvalue weighted by Gasteiger charge is 2.48. The summed E-state index contributed by atoms with van der Waals surface area (Å²) in [6.07, 6.45) is 0.291. The number of methoxy groups -OCH3 is 1. The minimum Gasteiger partial charge on any atom is -0.497 e. The third-order valence-electron chi connectivity index (χ3n) is 4.61. The highest BCUT2D eigenvalue weighted by molar-refractivity contribution is 5.94. The highest BCUT2D eigenvalue weighted by Crippen LogP contribution is 2.37. The van der Waals surface area contributed by atoms with E-state index in [1.165, 1.54) is 4.90 Å². The smallest absolute Gasteiger partial charge is 0.312 e. The summed E-state index contributed by atoms with van der Waals surface area (Å²) in [4.78, 5) is 25.6. The molecule has 2 atom stereocenters. The van der Waals surface area contributed by atoms with Crippen LogP contribution in [0, 0.1) is 5.41 Å². The molecule has 1 aromatic rings. The summed E-state index contributed by atoms with van der Waals surface area (Å²) in [6.45, 7) is 2.26. The Morgan fingerprint density at radius 3 is 2.48 bits per heavy atom. The van der Waals surface area contributed by atoms with E-state index in [1.54, 1.807) is 31.4 Å². The van der Waals surface area contributed by atoms with Gasteiger partial charge in [0.05, 0.1) is 18.6 Å². The van der Waals surface area contributed by atoms with Crippen molar-refractivity contribution in [3.05, 3.63) is 29.8 Å².